The van der Waals surface area contributed by atoms with Crippen LogP contribution in [0.3, 0.4) is 0 Å². The first-order chi connectivity index (χ1) is 24.0. The molecule has 0 unspecified atom stereocenters. The van der Waals surface area contributed by atoms with Gasteiger partial charge in [-0.05, 0) is 90.4 Å². The van der Waals surface area contributed by atoms with Gasteiger partial charge in [-0.25, -0.2) is 0 Å². The van der Waals surface area contributed by atoms with Crippen molar-refractivity contribution in [2.24, 2.45) is 16.7 Å². The maximum Gasteiger partial charge on any atom is 0.164 e. The van der Waals surface area contributed by atoms with Gasteiger partial charge in [0.25, 0.3) is 0 Å². The maximum absolute atomic E-state index is 12.2. The second-order valence-corrected chi connectivity index (χ2v) is 17.9. The van der Waals surface area contributed by atoms with Gasteiger partial charge in [0, 0.05) is 63.6 Å². The number of carbonyl (C=O) groups excluding carboxylic acids is 1. The van der Waals surface area contributed by atoms with Crippen molar-refractivity contribution in [2.75, 3.05) is 0 Å². The molecule has 5 rings (SSSR count). The van der Waals surface area contributed by atoms with Crippen molar-refractivity contribution in [2.45, 2.75) is 125 Å². The Labute approximate surface area is 334 Å². The molecule has 52 heavy (non-hydrogen) atoms. The Bertz CT molecular complexity index is 2050. The number of nitrogens with zero attached hydrogens (tertiary/aromatic N) is 1. The zero-order chi connectivity index (χ0) is 37.9. The number of ketones is 1. The number of rotatable bonds is 12. The van der Waals surface area contributed by atoms with Gasteiger partial charge in [0.15, 0.2) is 5.78 Å². The summed E-state index contributed by atoms with van der Waals surface area (Å²) in [5.74, 6) is 1.90. The molecule has 0 amide bonds. The van der Waals surface area contributed by atoms with Crippen molar-refractivity contribution in [3.63, 3.8) is 0 Å². The number of aryl methyl sites for hydroxylation is 1. The third kappa shape index (κ3) is 9.14. The molecule has 0 bridgehead atoms. The molecule has 0 saturated heterocycles. The summed E-state index contributed by atoms with van der Waals surface area (Å²) in [5.41, 5.74) is 4.99. The normalized spacial score (nSPS) is 12.7. The van der Waals surface area contributed by atoms with Crippen molar-refractivity contribution in [3.05, 3.63) is 83.3 Å². The molecule has 0 saturated carbocycles. The molecule has 0 atom stereocenters. The number of hydrogen-bond acceptors (Lipinski definition) is 6. The maximum atomic E-state index is 12.2. The Morgan fingerprint density at radius 2 is 1.63 bits per heavy atom. The third-order valence-corrected chi connectivity index (χ3v) is 12.8. The van der Waals surface area contributed by atoms with E-state index in [2.05, 4.69) is 84.5 Å². The second-order valence-electron chi connectivity index (χ2n) is 15.8. The Hall–Kier alpha value is -2.70. The minimum atomic E-state index is -0.337. The van der Waals surface area contributed by atoms with Crippen LogP contribution in [0.5, 0.6) is 0 Å². The number of aromatic nitrogens is 1. The first kappa shape index (κ1) is 43.7. The Kier molecular flexibility index (Phi) is 14.8. The summed E-state index contributed by atoms with van der Waals surface area (Å²) in [7, 11) is 0. The number of hydrogen-bond donors (Lipinski definition) is 1. The van der Waals surface area contributed by atoms with E-state index in [1.54, 1.807) is 11.8 Å². The number of aliphatic hydroxyl groups excluding tert-OH is 1. The van der Waals surface area contributed by atoms with E-state index in [4.69, 9.17) is 9.40 Å². The Balaban J connectivity index is 0.000000347. The van der Waals surface area contributed by atoms with Crippen LogP contribution in [0.4, 0.5) is 0 Å². The van der Waals surface area contributed by atoms with Gasteiger partial charge in [-0.3, -0.25) is 4.79 Å². The predicted octanol–water partition coefficient (Wildman–Crippen LogP) is 14.4. The molecule has 3 heterocycles. The predicted molar refractivity (Wildman–Crippen MR) is 222 cm³/mol. The molecule has 0 spiro atoms. The van der Waals surface area contributed by atoms with Gasteiger partial charge < -0.3 is 14.5 Å². The minimum Gasteiger partial charge on any atom is -0.512 e. The number of benzene rings is 2. The van der Waals surface area contributed by atoms with Gasteiger partial charge >= 0.3 is 0 Å². The van der Waals surface area contributed by atoms with E-state index in [0.29, 0.717) is 5.92 Å². The summed E-state index contributed by atoms with van der Waals surface area (Å²) >= 11 is 3.48. The van der Waals surface area contributed by atoms with Gasteiger partial charge in [-0.15, -0.1) is 40.7 Å². The van der Waals surface area contributed by atoms with E-state index in [1.165, 1.54) is 47.7 Å². The number of aliphatic hydroxyl groups is 1. The SMILES string of the molecule is C=CSc1c[c-]c(-c2nccc3sc4cc5c(CC(C)C)c(C)oc5cc4c23)cc1C(C)(C)C.CCC(C)(CC)C(=O)/C=C(\O)C(C)(CC)CC.[Ir]. The van der Waals surface area contributed by atoms with E-state index in [-0.39, 0.29) is 47.9 Å². The molecule has 5 aromatic rings. The number of pyridine rings is 1. The zero-order valence-electron chi connectivity index (χ0n) is 33.3. The smallest absolute Gasteiger partial charge is 0.164 e. The average Bonchev–Trinajstić information content (AvgIpc) is 3.61. The van der Waals surface area contributed by atoms with Crippen LogP contribution in [0, 0.1) is 29.7 Å². The zero-order valence-corrected chi connectivity index (χ0v) is 37.3. The molecule has 1 radical (unpaired) electrons. The van der Waals surface area contributed by atoms with E-state index < -0.39 is 0 Å². The van der Waals surface area contributed by atoms with Crippen molar-refractivity contribution in [3.8, 4) is 11.3 Å². The van der Waals surface area contributed by atoms with Crippen LogP contribution in [0.1, 0.15) is 119 Å². The average molecular weight is 917 g/mol. The fraction of sp³-hybridized carbons (Fsp3) is 0.467. The third-order valence-electron chi connectivity index (χ3n) is 10.9. The Morgan fingerprint density at radius 1 is 1.00 bits per heavy atom. The van der Waals surface area contributed by atoms with E-state index in [9.17, 15) is 9.90 Å². The number of thiophene rings is 1. The topological polar surface area (TPSA) is 63.3 Å². The summed E-state index contributed by atoms with van der Waals surface area (Å²) in [6, 6.07) is 14.5. The van der Waals surface area contributed by atoms with Crippen molar-refractivity contribution < 1.29 is 34.4 Å². The number of thioether (sulfide) groups is 1. The largest absolute Gasteiger partial charge is 0.512 e. The molecule has 3 aromatic heterocycles. The van der Waals surface area contributed by atoms with E-state index >= 15 is 0 Å². The molecule has 1 N–H and O–H groups in total. The molecule has 0 aliphatic carbocycles. The summed E-state index contributed by atoms with van der Waals surface area (Å²) < 4.78 is 8.76. The molecule has 0 fully saturated rings. The first-order valence-corrected chi connectivity index (χ1v) is 20.2. The van der Waals surface area contributed by atoms with Gasteiger partial charge in [-0.1, -0.05) is 87.6 Å². The number of furan rings is 1. The minimum absolute atomic E-state index is 0. The molecule has 0 aliphatic rings. The molecular weight excluding hydrogens is 859 g/mol. The van der Waals surface area contributed by atoms with Gasteiger partial charge in [-0.2, -0.15) is 11.8 Å². The fourth-order valence-electron chi connectivity index (χ4n) is 6.42. The molecule has 0 aliphatic heterocycles. The molecule has 283 valence electrons. The number of fused-ring (bicyclic) bond motifs is 4. The quantitative estimate of drug-likeness (QED) is 0.0585. The van der Waals surface area contributed by atoms with Crippen molar-refractivity contribution in [1.29, 1.82) is 0 Å². The number of allylic oxidation sites excluding steroid dienone is 2. The van der Waals surface area contributed by atoms with Crippen LogP contribution in [-0.2, 0) is 36.7 Å². The fourth-order valence-corrected chi connectivity index (χ4v) is 8.34. The Morgan fingerprint density at radius 3 is 2.19 bits per heavy atom. The standard InChI is InChI=1S/C30H30NOS2.C15H28O2.Ir/c1-8-33-25-10-9-19(14-23(25)30(5,6)7)29-28-22-15-24-21(20(13-17(2)3)18(4)32-24)16-27(22)34-26(28)11-12-31-29;1-7-14(5,8-2)12(16)11-13(17)15(6,9-3)10-4;/h8,10-12,14-17H,1,13H2,2-7H3;11,16H,7-10H2,1-6H3;/q-1;;/b;12-11-;. The van der Waals surface area contributed by atoms with Crippen LogP contribution in [0.2, 0.25) is 0 Å². The van der Waals surface area contributed by atoms with Crippen molar-refractivity contribution in [1.82, 2.24) is 4.98 Å². The van der Waals surface area contributed by atoms with Crippen LogP contribution >= 0.6 is 23.1 Å². The van der Waals surface area contributed by atoms with Crippen LogP contribution in [0.15, 0.2) is 69.7 Å². The van der Waals surface area contributed by atoms with Gasteiger partial charge in [0.2, 0.25) is 0 Å². The molecular formula is C45H58IrNO3S2-. The van der Waals surface area contributed by atoms with Crippen LogP contribution < -0.4 is 0 Å². The van der Waals surface area contributed by atoms with Crippen LogP contribution in [0.25, 0.3) is 42.4 Å². The summed E-state index contributed by atoms with van der Waals surface area (Å²) in [6.07, 6.45) is 7.70. The van der Waals surface area contributed by atoms with Crippen LogP contribution in [-0.4, -0.2) is 15.9 Å². The molecule has 7 heteroatoms. The van der Waals surface area contributed by atoms with Crippen molar-refractivity contribution >= 4 is 60.0 Å². The van der Waals surface area contributed by atoms with E-state index in [0.717, 1.165) is 54.7 Å². The summed E-state index contributed by atoms with van der Waals surface area (Å²) in [4.78, 5) is 18.2. The van der Waals surface area contributed by atoms with E-state index in [1.807, 2.05) is 64.5 Å². The van der Waals surface area contributed by atoms with Gasteiger partial charge in [0.1, 0.15) is 17.1 Å². The van der Waals surface area contributed by atoms with Gasteiger partial charge in [0.05, 0.1) is 0 Å². The molecule has 4 nitrogen and oxygen atoms in total. The second kappa shape index (κ2) is 17.6. The molecule has 2 aromatic carbocycles. The monoisotopic (exact) mass is 917 g/mol. The summed E-state index contributed by atoms with van der Waals surface area (Å²) in [6.45, 7) is 29.3. The number of carbonyl (C=O) groups is 1. The first-order valence-electron chi connectivity index (χ1n) is 18.5. The summed E-state index contributed by atoms with van der Waals surface area (Å²) in [5, 5.41) is 15.6.